The fourth-order valence-electron chi connectivity index (χ4n) is 4.86. The molecule has 11 heteroatoms. The number of hydrogen-bond donors (Lipinski definition) is 4. The summed E-state index contributed by atoms with van der Waals surface area (Å²) in [6.45, 7) is 5.17. The Labute approximate surface area is 217 Å². The minimum Gasteiger partial charge on any atom is -0.382 e. The van der Waals surface area contributed by atoms with Crippen molar-refractivity contribution in [3.05, 3.63) is 53.8 Å². The molecule has 1 fully saturated rings. The Hall–Kier alpha value is -3.18. The molecule has 0 unspecified atom stereocenters. The van der Waals surface area contributed by atoms with Gasteiger partial charge >= 0.3 is 6.03 Å². The summed E-state index contributed by atoms with van der Waals surface area (Å²) in [7, 11) is -3.82. The summed E-state index contributed by atoms with van der Waals surface area (Å²) in [6, 6.07) is 9.98. The second kappa shape index (κ2) is 11.5. The molecule has 0 radical (unpaired) electrons. The number of nitrogens with one attached hydrogen (secondary N) is 4. The van der Waals surface area contributed by atoms with Crippen LogP contribution in [0.1, 0.15) is 51.1 Å². The van der Waals surface area contributed by atoms with Gasteiger partial charge in [-0.25, -0.2) is 22.3 Å². The first-order valence-corrected chi connectivity index (χ1v) is 14.2. The van der Waals surface area contributed by atoms with E-state index >= 15 is 0 Å². The van der Waals surface area contributed by atoms with Crippen LogP contribution in [0.5, 0.6) is 0 Å². The molecule has 4 N–H and O–H groups in total. The first-order valence-electron chi connectivity index (χ1n) is 12.7. The SMILES string of the molecule is CCNC(=O)N1CCNc2ccc(S(=O)(=O)NC3CCC(C(=O)N[C@H](C)c4ccc(F)cc4)CC3)cc21. The van der Waals surface area contributed by atoms with Gasteiger partial charge in [-0.15, -0.1) is 0 Å². The largest absolute Gasteiger partial charge is 0.382 e. The zero-order valence-corrected chi connectivity index (χ0v) is 21.9. The molecule has 0 saturated heterocycles. The molecule has 1 saturated carbocycles. The molecule has 1 heterocycles. The summed E-state index contributed by atoms with van der Waals surface area (Å²) in [5.41, 5.74) is 2.05. The number of sulfonamides is 1. The van der Waals surface area contributed by atoms with E-state index < -0.39 is 10.0 Å². The van der Waals surface area contributed by atoms with E-state index in [0.29, 0.717) is 56.7 Å². The molecule has 0 aromatic heterocycles. The molecule has 2 aromatic rings. The smallest absolute Gasteiger partial charge is 0.321 e. The third-order valence-electron chi connectivity index (χ3n) is 6.94. The predicted molar refractivity (Wildman–Crippen MR) is 140 cm³/mol. The number of fused-ring (bicyclic) bond motifs is 1. The Kier molecular flexibility index (Phi) is 8.33. The van der Waals surface area contributed by atoms with E-state index in [0.717, 1.165) is 5.56 Å². The van der Waals surface area contributed by atoms with Crippen LogP contribution in [0.15, 0.2) is 47.4 Å². The lowest BCUT2D eigenvalue weighted by Crippen LogP contribution is -2.45. The summed E-state index contributed by atoms with van der Waals surface area (Å²) in [4.78, 5) is 26.9. The van der Waals surface area contributed by atoms with Gasteiger partial charge in [0.15, 0.2) is 0 Å². The van der Waals surface area contributed by atoms with Gasteiger partial charge < -0.3 is 16.0 Å². The third kappa shape index (κ3) is 6.40. The van der Waals surface area contributed by atoms with Crippen LogP contribution in [0.2, 0.25) is 0 Å². The molecular weight excluding hydrogens is 497 g/mol. The van der Waals surface area contributed by atoms with Crippen molar-refractivity contribution >= 4 is 33.3 Å². The maximum absolute atomic E-state index is 13.2. The molecule has 1 aliphatic carbocycles. The second-order valence-electron chi connectivity index (χ2n) is 9.54. The van der Waals surface area contributed by atoms with Crippen molar-refractivity contribution in [2.75, 3.05) is 29.9 Å². The van der Waals surface area contributed by atoms with Crippen molar-refractivity contribution in [2.24, 2.45) is 5.92 Å². The molecule has 2 aromatic carbocycles. The molecule has 3 amide bonds. The fourth-order valence-corrected chi connectivity index (χ4v) is 6.18. The average molecular weight is 532 g/mol. The van der Waals surface area contributed by atoms with Gasteiger partial charge in [0.05, 0.1) is 22.3 Å². The maximum Gasteiger partial charge on any atom is 0.321 e. The number of anilines is 2. The lowest BCUT2D eigenvalue weighted by molar-refractivity contribution is -0.126. The van der Waals surface area contributed by atoms with E-state index in [-0.39, 0.29) is 40.7 Å². The Bertz CT molecular complexity index is 1230. The number of carbonyl (C=O) groups is 2. The van der Waals surface area contributed by atoms with Crippen molar-refractivity contribution in [1.82, 2.24) is 15.4 Å². The van der Waals surface area contributed by atoms with Crippen molar-refractivity contribution in [3.8, 4) is 0 Å². The minimum atomic E-state index is -3.82. The molecular formula is C26H34FN5O4S. The quantitative estimate of drug-likeness (QED) is 0.436. The highest BCUT2D eigenvalue weighted by atomic mass is 32.2. The van der Waals surface area contributed by atoms with Crippen LogP contribution >= 0.6 is 0 Å². The van der Waals surface area contributed by atoms with Gasteiger partial charge in [-0.05, 0) is 75.4 Å². The average Bonchev–Trinajstić information content (AvgIpc) is 2.88. The molecule has 1 atom stereocenters. The Morgan fingerprint density at radius 1 is 1.11 bits per heavy atom. The zero-order valence-electron chi connectivity index (χ0n) is 21.1. The molecule has 9 nitrogen and oxygen atoms in total. The van der Waals surface area contributed by atoms with Gasteiger partial charge in [0.2, 0.25) is 15.9 Å². The van der Waals surface area contributed by atoms with Crippen LogP contribution in [0.4, 0.5) is 20.6 Å². The Morgan fingerprint density at radius 2 is 1.81 bits per heavy atom. The molecule has 0 spiro atoms. The van der Waals surface area contributed by atoms with Crippen LogP contribution in [-0.4, -0.2) is 46.0 Å². The number of nitrogens with zero attached hydrogens (tertiary/aromatic N) is 1. The summed E-state index contributed by atoms with van der Waals surface area (Å²) < 4.78 is 42.3. The predicted octanol–water partition coefficient (Wildman–Crippen LogP) is 3.50. The number of halogens is 1. The van der Waals surface area contributed by atoms with Crippen LogP contribution in [0.3, 0.4) is 0 Å². The van der Waals surface area contributed by atoms with Crippen LogP contribution in [-0.2, 0) is 14.8 Å². The highest BCUT2D eigenvalue weighted by Crippen LogP contribution is 2.32. The first-order chi connectivity index (χ1) is 17.7. The zero-order chi connectivity index (χ0) is 26.6. The van der Waals surface area contributed by atoms with Crippen molar-refractivity contribution in [2.45, 2.75) is 56.5 Å². The van der Waals surface area contributed by atoms with Gasteiger partial charge in [0.1, 0.15) is 5.82 Å². The lowest BCUT2D eigenvalue weighted by Gasteiger charge is -2.31. The van der Waals surface area contributed by atoms with Crippen molar-refractivity contribution in [1.29, 1.82) is 0 Å². The molecule has 4 rings (SSSR count). The highest BCUT2D eigenvalue weighted by Gasteiger charge is 2.31. The van der Waals surface area contributed by atoms with Gasteiger partial charge in [-0.2, -0.15) is 0 Å². The molecule has 37 heavy (non-hydrogen) atoms. The van der Waals surface area contributed by atoms with Gasteiger partial charge in [-0.1, -0.05) is 12.1 Å². The molecule has 2 aliphatic rings. The highest BCUT2D eigenvalue weighted by molar-refractivity contribution is 7.89. The first kappa shape index (κ1) is 26.9. The van der Waals surface area contributed by atoms with Crippen molar-refractivity contribution < 1.29 is 22.4 Å². The monoisotopic (exact) mass is 531 g/mol. The third-order valence-corrected chi connectivity index (χ3v) is 8.46. The normalized spacial score (nSPS) is 20.4. The summed E-state index contributed by atoms with van der Waals surface area (Å²) in [5, 5.41) is 8.94. The fraction of sp³-hybridized carbons (Fsp3) is 0.462. The summed E-state index contributed by atoms with van der Waals surface area (Å²) in [5.74, 6) is -0.607. The van der Waals surface area contributed by atoms with Gasteiger partial charge in [-0.3, -0.25) is 9.69 Å². The van der Waals surface area contributed by atoms with E-state index in [1.807, 2.05) is 13.8 Å². The lowest BCUT2D eigenvalue weighted by atomic mass is 9.85. The number of hydrogen-bond acceptors (Lipinski definition) is 5. The molecule has 0 bridgehead atoms. The van der Waals surface area contributed by atoms with E-state index in [4.69, 9.17) is 0 Å². The summed E-state index contributed by atoms with van der Waals surface area (Å²) in [6.07, 6.45) is 2.21. The van der Waals surface area contributed by atoms with Crippen LogP contribution in [0, 0.1) is 11.7 Å². The van der Waals surface area contributed by atoms with Crippen LogP contribution < -0.4 is 25.6 Å². The van der Waals surface area contributed by atoms with Crippen LogP contribution in [0.25, 0.3) is 0 Å². The van der Waals surface area contributed by atoms with E-state index in [2.05, 4.69) is 20.7 Å². The van der Waals surface area contributed by atoms with E-state index in [1.165, 1.54) is 24.3 Å². The molecule has 200 valence electrons. The van der Waals surface area contributed by atoms with Gasteiger partial charge in [0.25, 0.3) is 0 Å². The number of benzene rings is 2. The number of carbonyl (C=O) groups excluding carboxylic acids is 2. The van der Waals surface area contributed by atoms with Crippen molar-refractivity contribution in [3.63, 3.8) is 0 Å². The van der Waals surface area contributed by atoms with E-state index in [1.54, 1.807) is 23.1 Å². The van der Waals surface area contributed by atoms with E-state index in [9.17, 15) is 22.4 Å². The standard InChI is InChI=1S/C26H34FN5O4S/c1-3-28-26(34)32-15-14-29-23-13-12-22(16-24(23)32)37(35,36)31-21-10-6-19(7-11-21)25(33)30-17(2)18-4-8-20(27)9-5-18/h4-5,8-9,12-13,16-17,19,21,29,31H,3,6-7,10-11,14-15H2,1-2H3,(H,28,34)(H,30,33)/t17-,19?,21?/m1/s1. The Morgan fingerprint density at radius 3 is 2.49 bits per heavy atom. The number of amides is 3. The number of urea groups is 1. The number of rotatable bonds is 7. The molecule has 1 aliphatic heterocycles. The minimum absolute atomic E-state index is 0.0780. The topological polar surface area (TPSA) is 120 Å². The summed E-state index contributed by atoms with van der Waals surface area (Å²) >= 11 is 0. The maximum atomic E-state index is 13.2. The Balaban J connectivity index is 1.35. The second-order valence-corrected chi connectivity index (χ2v) is 11.3. The van der Waals surface area contributed by atoms with Gasteiger partial charge in [0, 0.05) is 31.6 Å².